The van der Waals surface area contributed by atoms with Crippen LogP contribution in [0.5, 0.6) is 0 Å². The Labute approximate surface area is 136 Å². The van der Waals surface area contributed by atoms with Gasteiger partial charge in [-0.3, -0.25) is 9.59 Å². The summed E-state index contributed by atoms with van der Waals surface area (Å²) in [7, 11) is 1.25. The molecule has 1 rings (SSSR count). The predicted molar refractivity (Wildman–Crippen MR) is 84.6 cm³/mol. The van der Waals surface area contributed by atoms with Crippen LogP contribution in [0.25, 0.3) is 0 Å². The summed E-state index contributed by atoms with van der Waals surface area (Å²) in [5.74, 6) is -0.945. The van der Waals surface area contributed by atoms with Gasteiger partial charge in [-0.25, -0.2) is 4.79 Å². The summed E-state index contributed by atoms with van der Waals surface area (Å²) in [6, 6.07) is 8.63. The van der Waals surface area contributed by atoms with E-state index in [1.165, 1.54) is 7.11 Å². The SMILES string of the molecule is CCC(=O)CC[C@@H](NC(=O)COCc1ccccc1)C(=O)OC. The van der Waals surface area contributed by atoms with Crippen LogP contribution in [0.2, 0.25) is 0 Å². The largest absolute Gasteiger partial charge is 0.467 e. The molecule has 0 spiro atoms. The molecule has 0 saturated heterocycles. The molecule has 0 bridgehead atoms. The van der Waals surface area contributed by atoms with Crippen LogP contribution in [0.15, 0.2) is 30.3 Å². The molecule has 0 heterocycles. The lowest BCUT2D eigenvalue weighted by Gasteiger charge is -2.16. The summed E-state index contributed by atoms with van der Waals surface area (Å²) < 4.78 is 9.96. The molecule has 1 aromatic rings. The Morgan fingerprint density at radius 2 is 1.87 bits per heavy atom. The lowest BCUT2D eigenvalue weighted by atomic mass is 10.1. The maximum atomic E-state index is 11.8. The predicted octanol–water partition coefficient (Wildman–Crippen LogP) is 1.62. The number of nitrogens with one attached hydrogen (secondary N) is 1. The number of amides is 1. The van der Waals surface area contributed by atoms with Crippen molar-refractivity contribution in [3.8, 4) is 0 Å². The summed E-state index contributed by atoms with van der Waals surface area (Å²) in [5, 5.41) is 2.54. The number of methoxy groups -OCH3 is 1. The molecule has 1 aromatic carbocycles. The van der Waals surface area contributed by atoms with Gasteiger partial charge < -0.3 is 14.8 Å². The van der Waals surface area contributed by atoms with Gasteiger partial charge in [-0.05, 0) is 12.0 Å². The molecular weight excluding hydrogens is 298 g/mol. The van der Waals surface area contributed by atoms with Gasteiger partial charge in [0.1, 0.15) is 18.4 Å². The number of esters is 1. The molecule has 126 valence electrons. The second kappa shape index (κ2) is 10.5. The number of ether oxygens (including phenoxy) is 2. The topological polar surface area (TPSA) is 81.7 Å². The number of benzene rings is 1. The Morgan fingerprint density at radius 1 is 1.17 bits per heavy atom. The molecule has 0 saturated carbocycles. The van der Waals surface area contributed by atoms with Gasteiger partial charge in [-0.15, -0.1) is 0 Å². The number of carbonyl (C=O) groups excluding carboxylic acids is 3. The second-order valence-electron chi connectivity index (χ2n) is 5.05. The van der Waals surface area contributed by atoms with Crippen LogP contribution >= 0.6 is 0 Å². The Hall–Kier alpha value is -2.21. The third-order valence-corrected chi connectivity index (χ3v) is 3.27. The summed E-state index contributed by atoms with van der Waals surface area (Å²) in [4.78, 5) is 34.9. The van der Waals surface area contributed by atoms with Crippen LogP contribution in [-0.4, -0.2) is 37.4 Å². The highest BCUT2D eigenvalue weighted by atomic mass is 16.5. The molecule has 0 aliphatic heterocycles. The zero-order valence-electron chi connectivity index (χ0n) is 13.5. The fraction of sp³-hybridized carbons (Fsp3) is 0.471. The number of hydrogen-bond acceptors (Lipinski definition) is 5. The van der Waals surface area contributed by atoms with Crippen molar-refractivity contribution in [2.24, 2.45) is 0 Å². The summed E-state index contributed by atoms with van der Waals surface area (Å²) in [6.07, 6.45) is 0.854. The molecule has 0 fully saturated rings. The van der Waals surface area contributed by atoms with Gasteiger partial charge in [0.15, 0.2) is 0 Å². The van der Waals surface area contributed by atoms with E-state index >= 15 is 0 Å². The molecule has 0 unspecified atom stereocenters. The molecule has 6 nitrogen and oxygen atoms in total. The zero-order valence-corrected chi connectivity index (χ0v) is 13.5. The highest BCUT2D eigenvalue weighted by molar-refractivity contribution is 5.86. The van der Waals surface area contributed by atoms with E-state index in [2.05, 4.69) is 10.1 Å². The van der Waals surface area contributed by atoms with E-state index in [-0.39, 0.29) is 25.2 Å². The van der Waals surface area contributed by atoms with Gasteiger partial charge in [-0.1, -0.05) is 37.3 Å². The fourth-order valence-electron chi connectivity index (χ4n) is 1.95. The van der Waals surface area contributed by atoms with Crippen LogP contribution < -0.4 is 5.32 Å². The van der Waals surface area contributed by atoms with Gasteiger partial charge in [0.2, 0.25) is 5.91 Å². The van der Waals surface area contributed by atoms with Crippen molar-refractivity contribution in [2.75, 3.05) is 13.7 Å². The van der Waals surface area contributed by atoms with Gasteiger partial charge >= 0.3 is 5.97 Å². The highest BCUT2D eigenvalue weighted by Crippen LogP contribution is 2.04. The Morgan fingerprint density at radius 3 is 2.48 bits per heavy atom. The van der Waals surface area contributed by atoms with Crippen LogP contribution in [0, 0.1) is 0 Å². The lowest BCUT2D eigenvalue weighted by Crippen LogP contribution is -2.43. The minimum absolute atomic E-state index is 0.0356. The van der Waals surface area contributed by atoms with Crippen LogP contribution in [-0.2, 0) is 30.5 Å². The molecule has 0 radical (unpaired) electrons. The summed E-state index contributed by atoms with van der Waals surface area (Å²) >= 11 is 0. The van der Waals surface area contributed by atoms with Crippen molar-refractivity contribution >= 4 is 17.7 Å². The fourth-order valence-corrected chi connectivity index (χ4v) is 1.95. The Balaban J connectivity index is 2.40. The average molecular weight is 321 g/mol. The number of carbonyl (C=O) groups is 3. The van der Waals surface area contributed by atoms with Crippen LogP contribution in [0.4, 0.5) is 0 Å². The smallest absolute Gasteiger partial charge is 0.328 e. The highest BCUT2D eigenvalue weighted by Gasteiger charge is 2.22. The van der Waals surface area contributed by atoms with Crippen molar-refractivity contribution in [3.63, 3.8) is 0 Å². The van der Waals surface area contributed by atoms with Gasteiger partial charge in [0, 0.05) is 12.8 Å². The van der Waals surface area contributed by atoms with E-state index in [1.807, 2.05) is 30.3 Å². The number of rotatable bonds is 10. The van der Waals surface area contributed by atoms with Crippen LogP contribution in [0.1, 0.15) is 31.7 Å². The first kappa shape index (κ1) is 18.8. The first-order valence-corrected chi connectivity index (χ1v) is 7.57. The first-order valence-electron chi connectivity index (χ1n) is 7.57. The first-order chi connectivity index (χ1) is 11.1. The number of Topliss-reactive ketones (excluding diaryl/α,β-unsaturated/α-hetero) is 1. The van der Waals surface area contributed by atoms with E-state index in [1.54, 1.807) is 6.92 Å². The van der Waals surface area contributed by atoms with E-state index in [0.29, 0.717) is 13.0 Å². The van der Waals surface area contributed by atoms with Crippen molar-refractivity contribution < 1.29 is 23.9 Å². The Bertz CT molecular complexity index is 515. The van der Waals surface area contributed by atoms with Crippen molar-refractivity contribution in [3.05, 3.63) is 35.9 Å². The van der Waals surface area contributed by atoms with E-state index in [9.17, 15) is 14.4 Å². The summed E-state index contributed by atoms with van der Waals surface area (Å²) in [5.41, 5.74) is 0.957. The molecule has 0 aromatic heterocycles. The number of ketones is 1. The molecule has 1 amide bonds. The monoisotopic (exact) mass is 321 g/mol. The quantitative estimate of drug-likeness (QED) is 0.662. The average Bonchev–Trinajstić information content (AvgIpc) is 2.58. The maximum absolute atomic E-state index is 11.8. The molecule has 0 aliphatic rings. The molecule has 23 heavy (non-hydrogen) atoms. The van der Waals surface area contributed by atoms with Gasteiger partial charge in [0.25, 0.3) is 0 Å². The second-order valence-corrected chi connectivity index (χ2v) is 5.05. The van der Waals surface area contributed by atoms with Crippen molar-refractivity contribution in [1.82, 2.24) is 5.32 Å². The minimum Gasteiger partial charge on any atom is -0.467 e. The van der Waals surface area contributed by atoms with Crippen LogP contribution in [0.3, 0.4) is 0 Å². The van der Waals surface area contributed by atoms with E-state index < -0.39 is 17.9 Å². The third kappa shape index (κ3) is 7.56. The molecule has 0 aliphatic carbocycles. The van der Waals surface area contributed by atoms with Gasteiger partial charge in [-0.2, -0.15) is 0 Å². The van der Waals surface area contributed by atoms with E-state index in [0.717, 1.165) is 5.56 Å². The Kier molecular flexibility index (Phi) is 8.60. The zero-order chi connectivity index (χ0) is 17.1. The number of hydrogen-bond donors (Lipinski definition) is 1. The van der Waals surface area contributed by atoms with E-state index in [4.69, 9.17) is 4.74 Å². The van der Waals surface area contributed by atoms with Crippen molar-refractivity contribution in [1.29, 1.82) is 0 Å². The standard InChI is InChI=1S/C17H23NO5/c1-3-14(19)9-10-15(17(21)22-2)18-16(20)12-23-11-13-7-5-4-6-8-13/h4-8,15H,3,9-12H2,1-2H3,(H,18,20)/t15-/m1/s1. The molecule has 1 atom stereocenters. The van der Waals surface area contributed by atoms with Crippen molar-refractivity contribution in [2.45, 2.75) is 38.8 Å². The maximum Gasteiger partial charge on any atom is 0.328 e. The summed E-state index contributed by atoms with van der Waals surface area (Å²) in [6.45, 7) is 1.90. The normalized spacial score (nSPS) is 11.6. The van der Waals surface area contributed by atoms with Gasteiger partial charge in [0.05, 0.1) is 13.7 Å². The third-order valence-electron chi connectivity index (χ3n) is 3.27. The lowest BCUT2D eigenvalue weighted by molar-refractivity contribution is -0.146. The molecule has 1 N–H and O–H groups in total. The molecular formula is C17H23NO5. The molecule has 6 heteroatoms. The minimum atomic E-state index is -0.830.